The Kier molecular flexibility index (Phi) is 89.8. The fraction of sp³-hybridized carbons (Fsp3) is 0.653. The van der Waals surface area contributed by atoms with E-state index in [9.17, 15) is 19.5 Å². The van der Waals surface area contributed by atoms with Crippen molar-refractivity contribution in [2.75, 3.05) is 26.0 Å². The fourth-order valence-electron chi connectivity index (χ4n) is 5.76. The normalized spacial score (nSPS) is 15.5. The number of hydrogen-bond acceptors (Lipinski definition) is 10. The molecule has 2 aromatic heterocycles. The van der Waals surface area contributed by atoms with E-state index in [2.05, 4.69) is 173 Å². The summed E-state index contributed by atoms with van der Waals surface area (Å²) in [6.45, 7) is 54.9. The first-order valence-electron chi connectivity index (χ1n) is 33.2. The Hall–Kier alpha value is -4.72. The van der Waals surface area contributed by atoms with Crippen molar-refractivity contribution in [1.29, 1.82) is 0 Å². The number of allylic oxidation sites excluding steroid dienone is 1. The molecule has 2 fully saturated rings. The summed E-state index contributed by atoms with van der Waals surface area (Å²) >= 11 is 0. The predicted octanol–water partition coefficient (Wildman–Crippen LogP) is 21.9. The number of pyridine rings is 1. The number of terminal acetylenes is 1. The number of phenolic OH excluding ortho intramolecular Hbond substituents is 1. The molecule has 1 aromatic carbocycles. The first-order chi connectivity index (χ1) is 41.6. The van der Waals surface area contributed by atoms with Gasteiger partial charge < -0.3 is 24.3 Å². The molecule has 2 N–H and O–H groups in total. The van der Waals surface area contributed by atoms with Crippen LogP contribution in [0.1, 0.15) is 266 Å². The first kappa shape index (κ1) is 98.5. The summed E-state index contributed by atoms with van der Waals surface area (Å²) in [6, 6.07) is 15.6. The molecule has 0 saturated carbocycles. The van der Waals surface area contributed by atoms with Crippen molar-refractivity contribution in [2.24, 2.45) is 11.8 Å². The van der Waals surface area contributed by atoms with Crippen LogP contribution in [0, 0.1) is 42.9 Å². The van der Waals surface area contributed by atoms with E-state index in [4.69, 9.17) is 20.3 Å². The first-order valence-corrected chi connectivity index (χ1v) is 35.6. The molecule has 87 heavy (non-hydrogen) atoms. The van der Waals surface area contributed by atoms with Crippen molar-refractivity contribution >= 4 is 39.3 Å². The number of ether oxygens (including phenoxy) is 2. The second-order valence-corrected chi connectivity index (χ2v) is 22.7. The van der Waals surface area contributed by atoms with E-state index in [0.29, 0.717) is 18.7 Å². The van der Waals surface area contributed by atoms with Gasteiger partial charge in [-0.3, -0.25) is 19.3 Å². The lowest BCUT2D eigenvalue weighted by Crippen LogP contribution is -2.30. The number of phenols is 1. The largest absolute Gasteiger partial charge is 0.508 e. The number of aromatic hydroxyl groups is 1. The summed E-state index contributed by atoms with van der Waals surface area (Å²) < 4.78 is 15.8. The molecule has 3 amide bonds. The number of amides is 3. The number of furan rings is 1. The number of benzene rings is 1. The second-order valence-electron chi connectivity index (χ2n) is 20.1. The molecule has 7 rings (SSSR count). The number of aryl methyl sites for hydroxylation is 3. The average molecular weight is 1260 g/mol. The fourth-order valence-corrected chi connectivity index (χ4v) is 7.25. The van der Waals surface area contributed by atoms with Crippen LogP contribution in [0.4, 0.5) is 0 Å². The van der Waals surface area contributed by atoms with Gasteiger partial charge in [-0.05, 0) is 105 Å². The molecule has 1 aliphatic carbocycles. The summed E-state index contributed by atoms with van der Waals surface area (Å²) in [7, 11) is 5.09. The van der Waals surface area contributed by atoms with Crippen molar-refractivity contribution in [3.63, 3.8) is 0 Å². The van der Waals surface area contributed by atoms with E-state index >= 15 is 0 Å². The monoisotopic (exact) mass is 1250 g/mol. The molecule has 4 aliphatic rings. The van der Waals surface area contributed by atoms with Crippen molar-refractivity contribution in [1.82, 2.24) is 15.2 Å². The number of nitrogens with zero attached hydrogens (tertiary/aromatic N) is 2. The van der Waals surface area contributed by atoms with Crippen molar-refractivity contribution in [3.05, 3.63) is 102 Å². The van der Waals surface area contributed by atoms with E-state index in [1.54, 1.807) is 31.0 Å². The SMILES string of the molecule is C#CCNC(=O)CC.C=C(C)CC.CCC.CCC.CCC.CCC.CCC.CCC.CCC.CCC.CCOC1C#CCCCC1.CCSSc1ccccn1.CCc1ccc(C)c(O)c1.CCc1ccco1.CN1C(=O)C2C3C=CC(O3)C2C1=O. The maximum absolute atomic E-state index is 11.6. The highest BCUT2D eigenvalue weighted by Gasteiger charge is 2.59. The van der Waals surface area contributed by atoms with Crippen LogP contribution in [0.15, 0.2) is 94.7 Å². The van der Waals surface area contributed by atoms with Crippen LogP contribution in [0.5, 0.6) is 5.75 Å². The van der Waals surface area contributed by atoms with Gasteiger partial charge in [-0.2, -0.15) is 0 Å². The topological polar surface area (TPSA) is 131 Å². The minimum absolute atomic E-state index is 0.00273. The van der Waals surface area contributed by atoms with Crippen LogP contribution in [-0.4, -0.2) is 77.0 Å². The zero-order valence-electron chi connectivity index (χ0n) is 60.6. The zero-order valence-corrected chi connectivity index (χ0v) is 62.3. The van der Waals surface area contributed by atoms with Gasteiger partial charge in [0.2, 0.25) is 17.7 Å². The van der Waals surface area contributed by atoms with Crippen LogP contribution >= 0.6 is 21.6 Å². The smallest absolute Gasteiger partial charge is 0.235 e. The molecule has 5 atom stereocenters. The lowest BCUT2D eigenvalue weighted by Gasteiger charge is -2.10. The Morgan fingerprint density at radius 1 is 0.747 bits per heavy atom. The molecule has 0 radical (unpaired) electrons. The van der Waals surface area contributed by atoms with E-state index in [1.807, 2.05) is 98.4 Å². The predicted molar refractivity (Wildman–Crippen MR) is 388 cm³/mol. The van der Waals surface area contributed by atoms with E-state index in [1.165, 1.54) is 80.2 Å². The highest BCUT2D eigenvalue weighted by atomic mass is 33.1. The number of rotatable bonds is 10. The second kappa shape index (κ2) is 79.3. The lowest BCUT2D eigenvalue weighted by atomic mass is 9.85. The number of hydrogen-bond donors (Lipinski definition) is 2. The number of likely N-dealkylation sites (tertiary alicyclic amines) is 1. The van der Waals surface area contributed by atoms with Crippen LogP contribution in [0.3, 0.4) is 0 Å². The summed E-state index contributed by atoms with van der Waals surface area (Å²) in [4.78, 5) is 38.9. The summed E-state index contributed by atoms with van der Waals surface area (Å²) in [5, 5.41) is 12.8. The van der Waals surface area contributed by atoms with Crippen molar-refractivity contribution in [3.8, 4) is 29.9 Å². The molecule has 3 aromatic rings. The van der Waals surface area contributed by atoms with Crippen LogP contribution in [-0.2, 0) is 36.7 Å². The van der Waals surface area contributed by atoms with Gasteiger partial charge in [0.25, 0.3) is 0 Å². The van der Waals surface area contributed by atoms with Crippen LogP contribution in [0.25, 0.3) is 0 Å². The minimum atomic E-state index is -0.243. The molecule has 2 saturated heterocycles. The Labute approximate surface area is 547 Å². The third-order valence-electron chi connectivity index (χ3n) is 9.60. The molecular formula is C75H135N3O7S2. The molecule has 2 bridgehead atoms. The van der Waals surface area contributed by atoms with Gasteiger partial charge >= 0.3 is 0 Å². The number of nitrogens with one attached hydrogen (secondary N) is 1. The number of imide groups is 1. The minimum Gasteiger partial charge on any atom is -0.508 e. The van der Waals surface area contributed by atoms with Gasteiger partial charge in [-0.25, -0.2) is 4.98 Å². The number of fused-ring (bicyclic) bond motifs is 5. The van der Waals surface area contributed by atoms with Gasteiger partial charge in [0.05, 0.1) is 36.9 Å². The molecule has 10 nitrogen and oxygen atoms in total. The van der Waals surface area contributed by atoms with Crippen molar-refractivity contribution < 1.29 is 33.4 Å². The molecule has 0 spiro atoms. The molecule has 3 aliphatic heterocycles. The van der Waals surface area contributed by atoms with Gasteiger partial charge in [0.1, 0.15) is 22.6 Å². The Bertz CT molecular complexity index is 1990. The maximum atomic E-state index is 11.6. The maximum Gasteiger partial charge on any atom is 0.235 e. The molecule has 5 unspecified atom stereocenters. The quantitative estimate of drug-likeness (QED) is 0.0875. The average Bonchev–Trinajstić information content (AvgIpc) is 1.64. The summed E-state index contributed by atoms with van der Waals surface area (Å²) in [5.41, 5.74) is 3.38. The molecule has 504 valence electrons. The van der Waals surface area contributed by atoms with E-state index in [0.717, 1.165) is 60.8 Å². The third kappa shape index (κ3) is 65.6. The van der Waals surface area contributed by atoms with Crippen LogP contribution in [0.2, 0.25) is 0 Å². The molecular weight excluding hydrogens is 1120 g/mol. The van der Waals surface area contributed by atoms with Gasteiger partial charge in [-0.15, -0.1) is 18.9 Å². The van der Waals surface area contributed by atoms with Gasteiger partial charge in [0.15, 0.2) is 0 Å². The molecule has 5 heterocycles. The molecule has 12 heteroatoms. The lowest BCUT2D eigenvalue weighted by molar-refractivity contribution is -0.140. The Balaban J connectivity index is -0.000000133. The zero-order chi connectivity index (χ0) is 68.7. The highest BCUT2D eigenvalue weighted by Crippen LogP contribution is 2.44. The number of aromatic nitrogens is 1. The Morgan fingerprint density at radius 3 is 1.59 bits per heavy atom. The third-order valence-corrected chi connectivity index (χ3v) is 11.9. The number of carbonyl (C=O) groups is 3. The summed E-state index contributed by atoms with van der Waals surface area (Å²) in [6.07, 6.45) is 30.3. The highest BCUT2D eigenvalue weighted by molar-refractivity contribution is 8.76. The van der Waals surface area contributed by atoms with E-state index < -0.39 is 0 Å². The van der Waals surface area contributed by atoms with E-state index in [-0.39, 0.29) is 47.9 Å². The van der Waals surface area contributed by atoms with Crippen LogP contribution < -0.4 is 5.32 Å². The Morgan fingerprint density at radius 2 is 1.24 bits per heavy atom. The van der Waals surface area contributed by atoms with Crippen molar-refractivity contribution in [2.45, 2.75) is 292 Å². The standard InChI is InChI=1S/C9H9NO3.C9H12O.C9H14O.C7H9NS2.C6H9NO.C6H8O.C5H10.8C3H8/c1-10-8(11)6-4-2-3-5(13-4)7(6)9(10)12;1-3-8-5-4-7(2)9(10)6-8;1-2-10-9-7-5-3-4-6-8-9;1-2-9-10-7-5-3-4-6-8-7;1-3-5-7-6(8)4-2;1-2-6-4-3-5-7-6;1-4-5(2)3;8*1-3-2/h2-7H,1H3;4-6,10H,3H2,1-2H3;9H,2-5,7H2,1H3;3-6H,2H2,1H3;1H,4-5H2,2H3,(H,7,8);3-5H,2H2,1H3;2,4H2,1,3H3;8*3H2,1-2H3. The van der Waals surface area contributed by atoms with Gasteiger partial charge in [-0.1, -0.05) is 255 Å². The number of carbonyl (C=O) groups excluding carboxylic acids is 3. The van der Waals surface area contributed by atoms with Gasteiger partial charge in [0, 0.05) is 44.9 Å². The summed E-state index contributed by atoms with van der Waals surface area (Å²) in [5.74, 6) is 10.4.